The predicted octanol–water partition coefficient (Wildman–Crippen LogP) is 1.37. The van der Waals surface area contributed by atoms with Crippen LogP contribution in [0.3, 0.4) is 0 Å². The number of methoxy groups -OCH3 is 1. The SMILES string of the molecule is CNc1cc(C(=O)N2CCC(OC)CC2)ccn1. The number of nitrogens with zero attached hydrogens (tertiary/aromatic N) is 2. The fourth-order valence-electron chi connectivity index (χ4n) is 2.18. The number of ether oxygens (including phenoxy) is 1. The van der Waals surface area contributed by atoms with E-state index in [0.29, 0.717) is 17.5 Å². The van der Waals surface area contributed by atoms with Crippen molar-refractivity contribution < 1.29 is 9.53 Å². The highest BCUT2D eigenvalue weighted by molar-refractivity contribution is 5.94. The molecular formula is C13H19N3O2. The maximum absolute atomic E-state index is 12.3. The number of carbonyl (C=O) groups excluding carboxylic acids is 1. The molecule has 1 aliphatic heterocycles. The average Bonchev–Trinajstić information content (AvgIpc) is 2.46. The number of hydrogen-bond acceptors (Lipinski definition) is 4. The number of hydrogen-bond donors (Lipinski definition) is 1. The molecule has 0 aliphatic carbocycles. The van der Waals surface area contributed by atoms with Gasteiger partial charge in [0.25, 0.3) is 5.91 Å². The van der Waals surface area contributed by atoms with Gasteiger partial charge in [0.2, 0.25) is 0 Å². The standard InChI is InChI=1S/C13H19N3O2/c1-14-12-9-10(3-6-15-12)13(17)16-7-4-11(18-2)5-8-16/h3,6,9,11H,4-5,7-8H2,1-2H3,(H,14,15). The second-order valence-electron chi connectivity index (χ2n) is 4.41. The van der Waals surface area contributed by atoms with E-state index in [1.807, 2.05) is 4.90 Å². The van der Waals surface area contributed by atoms with E-state index < -0.39 is 0 Å². The summed E-state index contributed by atoms with van der Waals surface area (Å²) in [6.07, 6.45) is 3.76. The van der Waals surface area contributed by atoms with Gasteiger partial charge in [-0.2, -0.15) is 0 Å². The first-order valence-corrected chi connectivity index (χ1v) is 6.20. The van der Waals surface area contributed by atoms with E-state index in [0.717, 1.165) is 25.9 Å². The number of anilines is 1. The Labute approximate surface area is 107 Å². The van der Waals surface area contributed by atoms with Gasteiger partial charge in [0.05, 0.1) is 6.10 Å². The monoisotopic (exact) mass is 249 g/mol. The van der Waals surface area contributed by atoms with Crippen LogP contribution in [0.1, 0.15) is 23.2 Å². The van der Waals surface area contributed by atoms with Gasteiger partial charge in [0.1, 0.15) is 5.82 Å². The lowest BCUT2D eigenvalue weighted by atomic mass is 10.1. The quantitative estimate of drug-likeness (QED) is 0.879. The van der Waals surface area contributed by atoms with Crippen LogP contribution in [0.25, 0.3) is 0 Å². The molecule has 1 amide bonds. The minimum atomic E-state index is 0.0726. The second-order valence-corrected chi connectivity index (χ2v) is 4.41. The van der Waals surface area contributed by atoms with Crippen molar-refractivity contribution in [3.05, 3.63) is 23.9 Å². The minimum absolute atomic E-state index is 0.0726. The number of piperidine rings is 1. The molecule has 1 N–H and O–H groups in total. The van der Waals surface area contributed by atoms with Crippen LogP contribution in [-0.4, -0.2) is 49.1 Å². The Bertz CT molecular complexity index is 414. The highest BCUT2D eigenvalue weighted by Crippen LogP contribution is 2.16. The number of nitrogens with one attached hydrogen (secondary N) is 1. The molecule has 1 saturated heterocycles. The van der Waals surface area contributed by atoms with Crippen LogP contribution in [0.4, 0.5) is 5.82 Å². The summed E-state index contributed by atoms with van der Waals surface area (Å²) in [6.45, 7) is 1.52. The van der Waals surface area contributed by atoms with E-state index in [4.69, 9.17) is 4.74 Å². The van der Waals surface area contributed by atoms with Crippen LogP contribution in [0, 0.1) is 0 Å². The van der Waals surface area contributed by atoms with Crippen LogP contribution in [-0.2, 0) is 4.74 Å². The number of likely N-dealkylation sites (tertiary alicyclic amines) is 1. The summed E-state index contributed by atoms with van der Waals surface area (Å²) in [5, 5.41) is 2.94. The molecule has 98 valence electrons. The molecule has 1 fully saturated rings. The van der Waals surface area contributed by atoms with Crippen LogP contribution < -0.4 is 5.32 Å². The lowest BCUT2D eigenvalue weighted by Gasteiger charge is -2.31. The normalized spacial score (nSPS) is 16.7. The van der Waals surface area contributed by atoms with E-state index in [1.54, 1.807) is 32.5 Å². The Hall–Kier alpha value is -1.62. The number of pyridine rings is 1. The maximum Gasteiger partial charge on any atom is 0.254 e. The number of amides is 1. The largest absolute Gasteiger partial charge is 0.381 e. The molecule has 2 rings (SSSR count). The van der Waals surface area contributed by atoms with Gasteiger partial charge in [-0.25, -0.2) is 4.98 Å². The van der Waals surface area contributed by atoms with Gasteiger partial charge < -0.3 is 15.0 Å². The topological polar surface area (TPSA) is 54.5 Å². The molecule has 0 bridgehead atoms. The van der Waals surface area contributed by atoms with Crippen molar-refractivity contribution in [1.82, 2.24) is 9.88 Å². The van der Waals surface area contributed by atoms with Gasteiger partial charge >= 0.3 is 0 Å². The third-order valence-electron chi connectivity index (χ3n) is 3.33. The molecule has 0 saturated carbocycles. The molecule has 0 aromatic carbocycles. The molecule has 5 nitrogen and oxygen atoms in total. The van der Waals surface area contributed by atoms with Crippen molar-refractivity contribution >= 4 is 11.7 Å². The van der Waals surface area contributed by atoms with Crippen molar-refractivity contribution in [2.45, 2.75) is 18.9 Å². The van der Waals surface area contributed by atoms with E-state index in [-0.39, 0.29) is 5.91 Å². The number of aromatic nitrogens is 1. The van der Waals surface area contributed by atoms with E-state index in [9.17, 15) is 4.79 Å². The summed E-state index contributed by atoms with van der Waals surface area (Å²) in [6, 6.07) is 3.54. The summed E-state index contributed by atoms with van der Waals surface area (Å²) in [5.41, 5.74) is 0.685. The van der Waals surface area contributed by atoms with Gasteiger partial charge in [-0.05, 0) is 25.0 Å². The van der Waals surface area contributed by atoms with E-state index in [2.05, 4.69) is 10.3 Å². The molecule has 0 atom stereocenters. The van der Waals surface area contributed by atoms with Crippen molar-refractivity contribution in [2.75, 3.05) is 32.6 Å². The first kappa shape index (κ1) is 12.8. The Balaban J connectivity index is 2.03. The molecule has 0 spiro atoms. The third-order valence-corrected chi connectivity index (χ3v) is 3.33. The molecule has 0 radical (unpaired) electrons. The summed E-state index contributed by atoms with van der Waals surface area (Å²) < 4.78 is 5.30. The van der Waals surface area contributed by atoms with Crippen LogP contribution in [0.2, 0.25) is 0 Å². The molecule has 5 heteroatoms. The zero-order valence-electron chi connectivity index (χ0n) is 10.8. The lowest BCUT2D eigenvalue weighted by molar-refractivity contribution is 0.0351. The van der Waals surface area contributed by atoms with Crippen molar-refractivity contribution in [3.63, 3.8) is 0 Å². The highest BCUT2D eigenvalue weighted by atomic mass is 16.5. The fourth-order valence-corrected chi connectivity index (χ4v) is 2.18. The fraction of sp³-hybridized carbons (Fsp3) is 0.538. The Morgan fingerprint density at radius 3 is 2.83 bits per heavy atom. The van der Waals surface area contributed by atoms with Gasteiger partial charge in [0.15, 0.2) is 0 Å². The van der Waals surface area contributed by atoms with Crippen molar-refractivity contribution in [2.24, 2.45) is 0 Å². The molecule has 1 aliphatic rings. The van der Waals surface area contributed by atoms with Gasteiger partial charge in [0, 0.05) is 39.0 Å². The number of rotatable bonds is 3. The smallest absolute Gasteiger partial charge is 0.254 e. The third kappa shape index (κ3) is 2.79. The second kappa shape index (κ2) is 5.82. The molecule has 2 heterocycles. The Morgan fingerprint density at radius 2 is 2.22 bits per heavy atom. The Morgan fingerprint density at radius 1 is 1.50 bits per heavy atom. The summed E-state index contributed by atoms with van der Waals surface area (Å²) in [7, 11) is 3.52. The van der Waals surface area contributed by atoms with E-state index >= 15 is 0 Å². The lowest BCUT2D eigenvalue weighted by Crippen LogP contribution is -2.40. The minimum Gasteiger partial charge on any atom is -0.381 e. The zero-order chi connectivity index (χ0) is 13.0. The molecule has 0 unspecified atom stereocenters. The summed E-state index contributed by atoms with van der Waals surface area (Å²) in [5.74, 6) is 0.788. The van der Waals surface area contributed by atoms with Crippen molar-refractivity contribution in [3.8, 4) is 0 Å². The number of carbonyl (C=O) groups is 1. The molecule has 1 aromatic heterocycles. The zero-order valence-corrected chi connectivity index (χ0v) is 10.8. The summed E-state index contributed by atoms with van der Waals surface area (Å²) in [4.78, 5) is 18.3. The van der Waals surface area contributed by atoms with E-state index in [1.165, 1.54) is 0 Å². The molecule has 1 aromatic rings. The molecular weight excluding hydrogens is 230 g/mol. The van der Waals surface area contributed by atoms with Crippen LogP contribution in [0.5, 0.6) is 0 Å². The van der Waals surface area contributed by atoms with Gasteiger partial charge in [-0.3, -0.25) is 4.79 Å². The molecule has 18 heavy (non-hydrogen) atoms. The average molecular weight is 249 g/mol. The summed E-state index contributed by atoms with van der Waals surface area (Å²) >= 11 is 0. The first-order valence-electron chi connectivity index (χ1n) is 6.20. The van der Waals surface area contributed by atoms with Gasteiger partial charge in [-0.1, -0.05) is 0 Å². The Kier molecular flexibility index (Phi) is 4.15. The van der Waals surface area contributed by atoms with Crippen molar-refractivity contribution in [1.29, 1.82) is 0 Å². The predicted molar refractivity (Wildman–Crippen MR) is 69.7 cm³/mol. The van der Waals surface area contributed by atoms with Crippen LogP contribution >= 0.6 is 0 Å². The van der Waals surface area contributed by atoms with Crippen LogP contribution in [0.15, 0.2) is 18.3 Å². The highest BCUT2D eigenvalue weighted by Gasteiger charge is 2.23. The van der Waals surface area contributed by atoms with Gasteiger partial charge in [-0.15, -0.1) is 0 Å². The maximum atomic E-state index is 12.3. The first-order chi connectivity index (χ1) is 8.74.